The maximum atomic E-state index is 12.5. The van der Waals surface area contributed by atoms with Crippen LogP contribution in [0.15, 0.2) is 39.8 Å². The second-order valence-electron chi connectivity index (χ2n) is 5.50. The molecule has 2 aromatic rings. The smallest absolute Gasteiger partial charge is 0.248 e. The van der Waals surface area contributed by atoms with Crippen molar-refractivity contribution in [1.82, 2.24) is 14.8 Å². The van der Waals surface area contributed by atoms with Crippen LogP contribution in [0.25, 0.3) is 0 Å². The summed E-state index contributed by atoms with van der Waals surface area (Å²) < 4.78 is 30.9. The molecular weight excluding hydrogens is 330 g/mol. The standard InChI is InChI=1S/C16H21N3O4S/c1-12-16(13(2)23-18-12)24(21,22)19(3)11-15(20)17-10-9-14-7-5-4-6-8-14/h4-8H,9-11H2,1-3H3,(H,17,20). The fourth-order valence-corrected chi connectivity index (χ4v) is 3.74. The van der Waals surface area contributed by atoms with Crippen molar-refractivity contribution < 1.29 is 17.7 Å². The molecule has 1 amide bonds. The molecule has 0 saturated heterocycles. The van der Waals surface area contributed by atoms with Gasteiger partial charge in [0.05, 0.1) is 6.54 Å². The minimum absolute atomic E-state index is 0.0158. The van der Waals surface area contributed by atoms with Crippen LogP contribution in [0.2, 0.25) is 0 Å². The molecule has 1 aromatic carbocycles. The van der Waals surface area contributed by atoms with Crippen molar-refractivity contribution in [2.24, 2.45) is 0 Å². The van der Waals surface area contributed by atoms with Gasteiger partial charge < -0.3 is 9.84 Å². The van der Waals surface area contributed by atoms with Crippen molar-refractivity contribution in [2.45, 2.75) is 25.2 Å². The van der Waals surface area contributed by atoms with Gasteiger partial charge in [-0.1, -0.05) is 35.5 Å². The highest BCUT2D eigenvalue weighted by molar-refractivity contribution is 7.89. The molecule has 0 aliphatic rings. The fraction of sp³-hybridized carbons (Fsp3) is 0.375. The van der Waals surface area contributed by atoms with Crippen LogP contribution in [-0.2, 0) is 21.2 Å². The van der Waals surface area contributed by atoms with Crippen LogP contribution in [0.3, 0.4) is 0 Å². The van der Waals surface area contributed by atoms with Crippen LogP contribution < -0.4 is 5.32 Å². The Balaban J connectivity index is 1.91. The molecule has 7 nitrogen and oxygen atoms in total. The number of hydrogen-bond acceptors (Lipinski definition) is 5. The molecule has 0 bridgehead atoms. The number of carbonyl (C=O) groups excluding carboxylic acids is 1. The Bertz CT molecular complexity index is 780. The minimum atomic E-state index is -3.81. The highest BCUT2D eigenvalue weighted by Gasteiger charge is 2.29. The van der Waals surface area contributed by atoms with E-state index in [0.29, 0.717) is 13.0 Å². The van der Waals surface area contributed by atoms with E-state index in [-0.39, 0.29) is 28.8 Å². The van der Waals surface area contributed by atoms with Gasteiger partial charge in [0.15, 0.2) is 5.76 Å². The zero-order valence-corrected chi connectivity index (χ0v) is 14.8. The molecule has 24 heavy (non-hydrogen) atoms. The Morgan fingerprint density at radius 1 is 1.25 bits per heavy atom. The van der Waals surface area contributed by atoms with Gasteiger partial charge in [0, 0.05) is 13.6 Å². The monoisotopic (exact) mass is 351 g/mol. The van der Waals surface area contributed by atoms with Crippen LogP contribution in [0, 0.1) is 13.8 Å². The first kappa shape index (κ1) is 18.2. The predicted molar refractivity (Wildman–Crippen MR) is 88.9 cm³/mol. The topological polar surface area (TPSA) is 92.5 Å². The Morgan fingerprint density at radius 2 is 1.92 bits per heavy atom. The van der Waals surface area contributed by atoms with Gasteiger partial charge in [-0.2, -0.15) is 4.31 Å². The fourth-order valence-electron chi connectivity index (χ4n) is 2.33. The second-order valence-corrected chi connectivity index (χ2v) is 7.48. The first-order valence-electron chi connectivity index (χ1n) is 7.52. The van der Waals surface area contributed by atoms with Crippen molar-refractivity contribution in [3.05, 3.63) is 47.3 Å². The van der Waals surface area contributed by atoms with E-state index in [1.807, 2.05) is 30.3 Å². The van der Waals surface area contributed by atoms with Gasteiger partial charge >= 0.3 is 0 Å². The summed E-state index contributed by atoms with van der Waals surface area (Å²) in [5.74, 6) is -0.146. The number of aryl methyl sites for hydroxylation is 2. The van der Waals surface area contributed by atoms with Crippen molar-refractivity contribution in [1.29, 1.82) is 0 Å². The highest BCUT2D eigenvalue weighted by Crippen LogP contribution is 2.21. The molecule has 0 aliphatic heterocycles. The van der Waals surface area contributed by atoms with Crippen LogP contribution in [-0.4, -0.2) is 43.9 Å². The lowest BCUT2D eigenvalue weighted by atomic mass is 10.1. The molecule has 0 spiro atoms. The third-order valence-corrected chi connectivity index (χ3v) is 5.63. The highest BCUT2D eigenvalue weighted by atomic mass is 32.2. The summed E-state index contributed by atoms with van der Waals surface area (Å²) in [5, 5.41) is 6.37. The summed E-state index contributed by atoms with van der Waals surface area (Å²) in [7, 11) is -2.45. The van der Waals surface area contributed by atoms with Crippen LogP contribution in [0.4, 0.5) is 0 Å². The number of rotatable bonds is 7. The summed E-state index contributed by atoms with van der Waals surface area (Å²) in [5.41, 5.74) is 1.39. The molecule has 1 aromatic heterocycles. The number of aromatic nitrogens is 1. The average molecular weight is 351 g/mol. The average Bonchev–Trinajstić information content (AvgIpc) is 2.87. The maximum absolute atomic E-state index is 12.5. The van der Waals surface area contributed by atoms with Gasteiger partial charge in [-0.25, -0.2) is 8.42 Å². The second kappa shape index (κ2) is 7.59. The van der Waals surface area contributed by atoms with Crippen LogP contribution in [0.5, 0.6) is 0 Å². The molecule has 2 rings (SSSR count). The first-order valence-corrected chi connectivity index (χ1v) is 8.96. The molecule has 0 fully saturated rings. The van der Waals surface area contributed by atoms with Gasteiger partial charge in [-0.05, 0) is 25.8 Å². The van der Waals surface area contributed by atoms with Crippen molar-refractivity contribution in [3.8, 4) is 0 Å². The minimum Gasteiger partial charge on any atom is -0.360 e. The molecule has 130 valence electrons. The number of carbonyl (C=O) groups is 1. The molecule has 0 atom stereocenters. The molecule has 0 saturated carbocycles. The lowest BCUT2D eigenvalue weighted by molar-refractivity contribution is -0.121. The molecule has 0 unspecified atom stereocenters. The summed E-state index contributed by atoms with van der Waals surface area (Å²) in [6.07, 6.45) is 0.687. The summed E-state index contributed by atoms with van der Waals surface area (Å²) in [6, 6.07) is 9.74. The summed E-state index contributed by atoms with van der Waals surface area (Å²) >= 11 is 0. The zero-order chi connectivity index (χ0) is 17.7. The van der Waals surface area contributed by atoms with E-state index in [1.165, 1.54) is 14.0 Å². The number of benzene rings is 1. The lowest BCUT2D eigenvalue weighted by Crippen LogP contribution is -2.39. The summed E-state index contributed by atoms with van der Waals surface area (Å²) in [4.78, 5) is 12.0. The first-order chi connectivity index (χ1) is 11.3. The quantitative estimate of drug-likeness (QED) is 0.811. The molecule has 1 N–H and O–H groups in total. The van der Waals surface area contributed by atoms with E-state index >= 15 is 0 Å². The van der Waals surface area contributed by atoms with Gasteiger partial charge in [-0.15, -0.1) is 0 Å². The van der Waals surface area contributed by atoms with E-state index in [2.05, 4.69) is 10.5 Å². The van der Waals surface area contributed by atoms with Crippen molar-refractivity contribution in [3.63, 3.8) is 0 Å². The van der Waals surface area contributed by atoms with Gasteiger partial charge in [-0.3, -0.25) is 4.79 Å². The Labute approximate surface area is 141 Å². The zero-order valence-electron chi connectivity index (χ0n) is 13.9. The Kier molecular flexibility index (Phi) is 5.74. The Hall–Kier alpha value is -2.19. The van der Waals surface area contributed by atoms with Crippen molar-refractivity contribution >= 4 is 15.9 Å². The van der Waals surface area contributed by atoms with E-state index in [9.17, 15) is 13.2 Å². The van der Waals surface area contributed by atoms with Gasteiger partial charge in [0.1, 0.15) is 10.6 Å². The maximum Gasteiger partial charge on any atom is 0.248 e. The van der Waals surface area contributed by atoms with E-state index in [4.69, 9.17) is 4.52 Å². The molecular formula is C16H21N3O4S. The molecule has 1 heterocycles. The van der Waals surface area contributed by atoms with E-state index in [1.54, 1.807) is 6.92 Å². The normalized spacial score (nSPS) is 11.7. The third-order valence-electron chi connectivity index (χ3n) is 3.58. The van der Waals surface area contributed by atoms with E-state index < -0.39 is 10.0 Å². The molecule has 0 aliphatic carbocycles. The van der Waals surface area contributed by atoms with Crippen molar-refractivity contribution in [2.75, 3.05) is 20.1 Å². The number of likely N-dealkylation sites (N-methyl/N-ethyl adjacent to an activating group) is 1. The number of nitrogens with zero attached hydrogens (tertiary/aromatic N) is 2. The number of nitrogens with one attached hydrogen (secondary N) is 1. The number of hydrogen-bond donors (Lipinski definition) is 1. The SMILES string of the molecule is Cc1noc(C)c1S(=O)(=O)N(C)CC(=O)NCCc1ccccc1. The third kappa shape index (κ3) is 4.21. The number of sulfonamides is 1. The van der Waals surface area contributed by atoms with Gasteiger partial charge in [0.25, 0.3) is 0 Å². The molecule has 8 heteroatoms. The van der Waals surface area contributed by atoms with E-state index in [0.717, 1.165) is 9.87 Å². The summed E-state index contributed by atoms with van der Waals surface area (Å²) in [6.45, 7) is 3.26. The Morgan fingerprint density at radius 3 is 2.50 bits per heavy atom. The van der Waals surface area contributed by atoms with Crippen LogP contribution in [0.1, 0.15) is 17.0 Å². The van der Waals surface area contributed by atoms with Gasteiger partial charge in [0.2, 0.25) is 15.9 Å². The number of amides is 1. The lowest BCUT2D eigenvalue weighted by Gasteiger charge is -2.16. The largest absolute Gasteiger partial charge is 0.360 e. The molecule has 0 radical (unpaired) electrons. The predicted octanol–water partition coefficient (Wildman–Crippen LogP) is 1.27. The van der Waals surface area contributed by atoms with Crippen LogP contribution >= 0.6 is 0 Å².